The highest BCUT2D eigenvalue weighted by Gasteiger charge is 2.21. The van der Waals surface area contributed by atoms with Gasteiger partial charge in [0.05, 0.1) is 13.0 Å². The molecule has 1 saturated heterocycles. The van der Waals surface area contributed by atoms with E-state index in [0.717, 1.165) is 31.7 Å². The van der Waals surface area contributed by atoms with E-state index >= 15 is 0 Å². The van der Waals surface area contributed by atoms with Crippen LogP contribution in [0.5, 0.6) is 5.75 Å². The van der Waals surface area contributed by atoms with Crippen LogP contribution < -0.4 is 15.4 Å². The number of rotatable bonds is 5. The summed E-state index contributed by atoms with van der Waals surface area (Å²) in [4.78, 5) is 11.8. The summed E-state index contributed by atoms with van der Waals surface area (Å²) in [5.41, 5.74) is 1.18. The molecule has 0 aliphatic carbocycles. The lowest BCUT2D eigenvalue weighted by molar-refractivity contribution is -0.124. The summed E-state index contributed by atoms with van der Waals surface area (Å²) in [6.07, 6.45) is 1.79. The number of hydrogen-bond donors (Lipinski definition) is 2. The molecule has 1 amide bonds. The molecule has 18 heavy (non-hydrogen) atoms. The van der Waals surface area contributed by atoms with E-state index in [4.69, 9.17) is 4.74 Å². The third-order valence-corrected chi connectivity index (χ3v) is 3.28. The van der Waals surface area contributed by atoms with Gasteiger partial charge in [-0.2, -0.15) is 0 Å². The Kier molecular flexibility index (Phi) is 4.59. The molecule has 1 aliphatic heterocycles. The SMILES string of the molecule is COc1cccc(CCNC(=O)C2CCNC2)c1. The van der Waals surface area contributed by atoms with Crippen LogP contribution >= 0.6 is 0 Å². The van der Waals surface area contributed by atoms with Crippen LogP contribution in [-0.4, -0.2) is 32.7 Å². The van der Waals surface area contributed by atoms with Crippen molar-refractivity contribution < 1.29 is 9.53 Å². The van der Waals surface area contributed by atoms with Crippen LogP contribution in [0.15, 0.2) is 24.3 Å². The van der Waals surface area contributed by atoms with Crippen LogP contribution in [0, 0.1) is 5.92 Å². The molecule has 1 aliphatic rings. The lowest BCUT2D eigenvalue weighted by atomic mass is 10.1. The number of carbonyl (C=O) groups is 1. The lowest BCUT2D eigenvalue weighted by Gasteiger charge is -2.10. The number of hydrogen-bond acceptors (Lipinski definition) is 3. The van der Waals surface area contributed by atoms with E-state index in [9.17, 15) is 4.79 Å². The van der Waals surface area contributed by atoms with Gasteiger partial charge < -0.3 is 15.4 Å². The molecule has 1 aromatic carbocycles. The van der Waals surface area contributed by atoms with Crippen LogP contribution in [-0.2, 0) is 11.2 Å². The monoisotopic (exact) mass is 248 g/mol. The Balaban J connectivity index is 1.75. The van der Waals surface area contributed by atoms with E-state index in [2.05, 4.69) is 10.6 Å². The molecule has 1 unspecified atom stereocenters. The zero-order valence-electron chi connectivity index (χ0n) is 10.7. The zero-order chi connectivity index (χ0) is 12.8. The van der Waals surface area contributed by atoms with E-state index in [-0.39, 0.29) is 11.8 Å². The highest BCUT2D eigenvalue weighted by Crippen LogP contribution is 2.12. The number of ether oxygens (including phenoxy) is 1. The van der Waals surface area contributed by atoms with Crippen LogP contribution in [0.3, 0.4) is 0 Å². The second kappa shape index (κ2) is 6.40. The van der Waals surface area contributed by atoms with E-state index in [0.29, 0.717) is 6.54 Å². The third-order valence-electron chi connectivity index (χ3n) is 3.28. The fourth-order valence-electron chi connectivity index (χ4n) is 2.18. The molecule has 98 valence electrons. The molecular weight excluding hydrogens is 228 g/mol. The highest BCUT2D eigenvalue weighted by atomic mass is 16.5. The Hall–Kier alpha value is -1.55. The van der Waals surface area contributed by atoms with Crippen LogP contribution in [0.1, 0.15) is 12.0 Å². The van der Waals surface area contributed by atoms with E-state index < -0.39 is 0 Å². The summed E-state index contributed by atoms with van der Waals surface area (Å²) >= 11 is 0. The van der Waals surface area contributed by atoms with Crippen molar-refractivity contribution >= 4 is 5.91 Å². The molecule has 1 fully saturated rings. The largest absolute Gasteiger partial charge is 0.497 e. The number of carbonyl (C=O) groups excluding carboxylic acids is 1. The van der Waals surface area contributed by atoms with Gasteiger partial charge in [0.2, 0.25) is 5.91 Å². The Bertz CT molecular complexity index is 401. The van der Waals surface area contributed by atoms with Gasteiger partial charge in [-0.3, -0.25) is 4.79 Å². The number of benzene rings is 1. The molecule has 1 atom stereocenters. The fraction of sp³-hybridized carbons (Fsp3) is 0.500. The van der Waals surface area contributed by atoms with Gasteiger partial charge in [-0.15, -0.1) is 0 Å². The summed E-state index contributed by atoms with van der Waals surface area (Å²) in [6, 6.07) is 7.94. The van der Waals surface area contributed by atoms with Crippen molar-refractivity contribution in [3.05, 3.63) is 29.8 Å². The average molecular weight is 248 g/mol. The van der Waals surface area contributed by atoms with E-state index in [1.165, 1.54) is 5.56 Å². The van der Waals surface area contributed by atoms with E-state index in [1.807, 2.05) is 24.3 Å². The van der Waals surface area contributed by atoms with Gasteiger partial charge in [0.25, 0.3) is 0 Å². The molecule has 1 aromatic rings. The van der Waals surface area contributed by atoms with Crippen molar-refractivity contribution in [1.82, 2.24) is 10.6 Å². The molecule has 2 rings (SSSR count). The summed E-state index contributed by atoms with van der Waals surface area (Å²) in [5.74, 6) is 1.18. The minimum Gasteiger partial charge on any atom is -0.497 e. The summed E-state index contributed by atoms with van der Waals surface area (Å²) in [6.45, 7) is 2.45. The van der Waals surface area contributed by atoms with Gasteiger partial charge in [0.1, 0.15) is 5.75 Å². The van der Waals surface area contributed by atoms with Crippen molar-refractivity contribution in [3.63, 3.8) is 0 Å². The summed E-state index contributed by atoms with van der Waals surface area (Å²) in [5, 5.41) is 6.19. The maximum absolute atomic E-state index is 11.8. The fourth-order valence-corrected chi connectivity index (χ4v) is 2.18. The number of methoxy groups -OCH3 is 1. The molecule has 0 aromatic heterocycles. The predicted octanol–water partition coefficient (Wildman–Crippen LogP) is 0.963. The van der Waals surface area contributed by atoms with Crippen molar-refractivity contribution in [2.75, 3.05) is 26.7 Å². The molecule has 0 radical (unpaired) electrons. The minimum absolute atomic E-state index is 0.148. The van der Waals surface area contributed by atoms with Crippen molar-refractivity contribution in [2.24, 2.45) is 5.92 Å². The van der Waals surface area contributed by atoms with Gasteiger partial charge in [-0.05, 0) is 37.1 Å². The topological polar surface area (TPSA) is 50.4 Å². The smallest absolute Gasteiger partial charge is 0.224 e. The summed E-state index contributed by atoms with van der Waals surface area (Å²) in [7, 11) is 1.66. The first kappa shape index (κ1) is 12.9. The van der Waals surface area contributed by atoms with Crippen molar-refractivity contribution in [3.8, 4) is 5.75 Å². The third kappa shape index (κ3) is 3.47. The molecule has 2 N–H and O–H groups in total. The molecule has 0 bridgehead atoms. The molecule has 0 saturated carbocycles. The predicted molar refractivity (Wildman–Crippen MR) is 70.7 cm³/mol. The zero-order valence-corrected chi connectivity index (χ0v) is 10.7. The van der Waals surface area contributed by atoms with Gasteiger partial charge in [-0.1, -0.05) is 12.1 Å². The molecule has 1 heterocycles. The highest BCUT2D eigenvalue weighted by molar-refractivity contribution is 5.79. The molecule has 0 spiro atoms. The van der Waals surface area contributed by atoms with Crippen LogP contribution in [0.4, 0.5) is 0 Å². The van der Waals surface area contributed by atoms with Crippen molar-refractivity contribution in [1.29, 1.82) is 0 Å². The first-order valence-electron chi connectivity index (χ1n) is 6.41. The first-order chi connectivity index (χ1) is 8.79. The van der Waals surface area contributed by atoms with Crippen LogP contribution in [0.25, 0.3) is 0 Å². The standard InChI is InChI=1S/C14H20N2O2/c1-18-13-4-2-3-11(9-13)5-8-16-14(17)12-6-7-15-10-12/h2-4,9,12,15H,5-8,10H2,1H3,(H,16,17). The van der Waals surface area contributed by atoms with Gasteiger partial charge >= 0.3 is 0 Å². The quantitative estimate of drug-likeness (QED) is 0.816. The van der Waals surface area contributed by atoms with E-state index in [1.54, 1.807) is 7.11 Å². The minimum atomic E-state index is 0.148. The maximum Gasteiger partial charge on any atom is 0.224 e. The molecule has 4 nitrogen and oxygen atoms in total. The number of nitrogens with one attached hydrogen (secondary N) is 2. The van der Waals surface area contributed by atoms with Gasteiger partial charge in [0, 0.05) is 13.1 Å². The van der Waals surface area contributed by atoms with Gasteiger partial charge in [0.15, 0.2) is 0 Å². The Morgan fingerprint density at radius 2 is 2.44 bits per heavy atom. The maximum atomic E-state index is 11.8. The average Bonchev–Trinajstić information content (AvgIpc) is 2.93. The lowest BCUT2D eigenvalue weighted by Crippen LogP contribution is -2.33. The number of amides is 1. The second-order valence-corrected chi connectivity index (χ2v) is 4.58. The van der Waals surface area contributed by atoms with Crippen LogP contribution in [0.2, 0.25) is 0 Å². The first-order valence-corrected chi connectivity index (χ1v) is 6.41. The van der Waals surface area contributed by atoms with Gasteiger partial charge in [-0.25, -0.2) is 0 Å². The summed E-state index contributed by atoms with van der Waals surface area (Å²) < 4.78 is 5.17. The van der Waals surface area contributed by atoms with Crippen molar-refractivity contribution in [2.45, 2.75) is 12.8 Å². The molecule has 4 heteroatoms. The Morgan fingerprint density at radius 3 is 3.17 bits per heavy atom. The molecular formula is C14H20N2O2. The Labute approximate surface area is 108 Å². The second-order valence-electron chi connectivity index (χ2n) is 4.58. The normalized spacial score (nSPS) is 18.6. The Morgan fingerprint density at radius 1 is 1.56 bits per heavy atom.